The summed E-state index contributed by atoms with van der Waals surface area (Å²) in [5.74, 6) is 0.0230. The first kappa shape index (κ1) is 26.4. The summed E-state index contributed by atoms with van der Waals surface area (Å²) in [7, 11) is 3.49. The number of piperidine rings is 1. The predicted molar refractivity (Wildman–Crippen MR) is 123 cm³/mol. The Bertz CT molecular complexity index is 914. The van der Waals surface area contributed by atoms with Crippen LogP contribution in [0.4, 0.5) is 0 Å². The van der Waals surface area contributed by atoms with Crippen molar-refractivity contribution < 1.29 is 9.53 Å². The number of aromatic amines is 1. The van der Waals surface area contributed by atoms with Crippen molar-refractivity contribution in [3.05, 3.63) is 27.2 Å². The van der Waals surface area contributed by atoms with Gasteiger partial charge in [0.25, 0.3) is 5.56 Å². The lowest BCUT2D eigenvalue weighted by atomic mass is 9.79. The summed E-state index contributed by atoms with van der Waals surface area (Å²) in [6.07, 6.45) is 2.94. The first-order chi connectivity index (χ1) is 13.4. The van der Waals surface area contributed by atoms with Crippen molar-refractivity contribution in [1.29, 1.82) is 0 Å². The van der Waals surface area contributed by atoms with Gasteiger partial charge in [0.15, 0.2) is 5.65 Å². The Morgan fingerprint density at radius 1 is 1.27 bits per heavy atom. The van der Waals surface area contributed by atoms with Crippen LogP contribution in [0.15, 0.2) is 4.79 Å². The molecule has 3 rings (SSSR count). The third-order valence-electron chi connectivity index (χ3n) is 5.95. The number of carbonyl (C=O) groups excluding carboxylic acids is 1. The summed E-state index contributed by atoms with van der Waals surface area (Å²) in [5, 5.41) is 9.82. The average Bonchev–Trinajstić information content (AvgIpc) is 2.94. The van der Waals surface area contributed by atoms with Crippen LogP contribution in [0.5, 0.6) is 0 Å². The summed E-state index contributed by atoms with van der Waals surface area (Å²) < 4.78 is 7.05. The lowest BCUT2D eigenvalue weighted by Crippen LogP contribution is -2.47. The van der Waals surface area contributed by atoms with Gasteiger partial charge in [0.05, 0.1) is 12.0 Å². The van der Waals surface area contributed by atoms with Crippen LogP contribution in [0.3, 0.4) is 0 Å². The summed E-state index contributed by atoms with van der Waals surface area (Å²) in [5.41, 5.74) is 3.28. The quantitative estimate of drug-likeness (QED) is 0.583. The van der Waals surface area contributed by atoms with E-state index in [2.05, 4.69) is 20.7 Å². The summed E-state index contributed by atoms with van der Waals surface area (Å²) in [4.78, 5) is 29.3. The van der Waals surface area contributed by atoms with Gasteiger partial charge in [-0.25, -0.2) is 4.98 Å². The Hall–Kier alpha value is -1.61. The minimum atomic E-state index is -0.138. The third-order valence-corrected chi connectivity index (χ3v) is 5.95. The fraction of sp³-hybridized carbons (Fsp3) is 0.650. The molecule has 0 unspecified atom stereocenters. The fourth-order valence-corrected chi connectivity index (χ4v) is 4.26. The molecule has 1 saturated heterocycles. The van der Waals surface area contributed by atoms with Crippen molar-refractivity contribution in [2.75, 3.05) is 33.4 Å². The van der Waals surface area contributed by atoms with Gasteiger partial charge < -0.3 is 15.4 Å². The molecule has 2 aromatic rings. The molecule has 3 N–H and O–H groups in total. The lowest BCUT2D eigenvalue weighted by Gasteiger charge is -2.37. The largest absolute Gasteiger partial charge is 0.384 e. The molecule has 170 valence electrons. The SMILES string of the molecule is COCC1(CNC(=O)CCc2c(C)nc3c(c2C)c(=O)[nH]n3C)CCNCC1.Cl.Cl. The second-order valence-corrected chi connectivity index (χ2v) is 7.96. The van der Waals surface area contributed by atoms with E-state index in [9.17, 15) is 9.59 Å². The molecule has 1 aliphatic heterocycles. The minimum absolute atomic E-state index is 0. The van der Waals surface area contributed by atoms with E-state index in [1.54, 1.807) is 18.8 Å². The van der Waals surface area contributed by atoms with Gasteiger partial charge in [-0.1, -0.05) is 0 Å². The van der Waals surface area contributed by atoms with Crippen molar-refractivity contribution in [3.8, 4) is 0 Å². The number of halogens is 2. The molecular formula is C20H33Cl2N5O3. The molecule has 1 amide bonds. The Kier molecular flexibility index (Phi) is 9.81. The number of amides is 1. The van der Waals surface area contributed by atoms with Gasteiger partial charge in [-0.15, -0.1) is 24.8 Å². The van der Waals surface area contributed by atoms with Crippen molar-refractivity contribution in [3.63, 3.8) is 0 Å². The number of rotatable bonds is 7. The van der Waals surface area contributed by atoms with Gasteiger partial charge in [0, 0.05) is 38.2 Å². The lowest BCUT2D eigenvalue weighted by molar-refractivity contribution is -0.122. The molecule has 8 nitrogen and oxygen atoms in total. The normalized spacial score (nSPS) is 15.3. The highest BCUT2D eigenvalue weighted by molar-refractivity contribution is 5.85. The van der Waals surface area contributed by atoms with E-state index in [0.29, 0.717) is 37.0 Å². The number of ether oxygens (including phenoxy) is 1. The zero-order valence-corrected chi connectivity index (χ0v) is 19.7. The summed E-state index contributed by atoms with van der Waals surface area (Å²) >= 11 is 0. The minimum Gasteiger partial charge on any atom is -0.384 e. The topological polar surface area (TPSA) is 101 Å². The smallest absolute Gasteiger partial charge is 0.273 e. The van der Waals surface area contributed by atoms with Crippen LogP contribution in [0.25, 0.3) is 11.0 Å². The van der Waals surface area contributed by atoms with Crippen LogP contribution in [0.2, 0.25) is 0 Å². The van der Waals surface area contributed by atoms with Gasteiger partial charge >= 0.3 is 0 Å². The molecule has 3 heterocycles. The number of hydrogen-bond donors (Lipinski definition) is 3. The number of fused-ring (bicyclic) bond motifs is 1. The van der Waals surface area contributed by atoms with Crippen LogP contribution >= 0.6 is 24.8 Å². The first-order valence-electron chi connectivity index (χ1n) is 9.88. The Morgan fingerprint density at radius 3 is 2.57 bits per heavy atom. The maximum absolute atomic E-state index is 12.5. The third kappa shape index (κ3) is 5.55. The number of methoxy groups -OCH3 is 1. The van der Waals surface area contributed by atoms with Crippen LogP contribution < -0.4 is 16.2 Å². The molecule has 0 spiro atoms. The van der Waals surface area contributed by atoms with Crippen LogP contribution in [0.1, 0.15) is 36.1 Å². The van der Waals surface area contributed by atoms with E-state index in [-0.39, 0.29) is 41.7 Å². The molecule has 0 bridgehead atoms. The summed E-state index contributed by atoms with van der Waals surface area (Å²) in [6, 6.07) is 0. The molecule has 1 aliphatic rings. The fourth-order valence-electron chi connectivity index (χ4n) is 4.26. The molecule has 30 heavy (non-hydrogen) atoms. The molecule has 0 radical (unpaired) electrons. The highest BCUT2D eigenvalue weighted by Gasteiger charge is 2.32. The zero-order valence-electron chi connectivity index (χ0n) is 18.1. The first-order valence-corrected chi connectivity index (χ1v) is 9.88. The Balaban J connectivity index is 0.00000225. The highest BCUT2D eigenvalue weighted by Crippen LogP contribution is 2.28. The maximum Gasteiger partial charge on any atom is 0.273 e. The maximum atomic E-state index is 12.5. The average molecular weight is 462 g/mol. The Labute approximate surface area is 189 Å². The van der Waals surface area contributed by atoms with E-state index in [1.165, 1.54) is 0 Å². The van der Waals surface area contributed by atoms with E-state index in [4.69, 9.17) is 4.74 Å². The van der Waals surface area contributed by atoms with Crippen molar-refractivity contribution in [2.24, 2.45) is 12.5 Å². The second-order valence-electron chi connectivity index (χ2n) is 7.96. The molecule has 1 fully saturated rings. The van der Waals surface area contributed by atoms with Crippen LogP contribution in [0, 0.1) is 19.3 Å². The monoisotopic (exact) mass is 461 g/mol. The molecule has 0 atom stereocenters. The van der Waals surface area contributed by atoms with Crippen molar-refractivity contribution in [2.45, 2.75) is 39.5 Å². The van der Waals surface area contributed by atoms with E-state index in [0.717, 1.165) is 42.8 Å². The molecule has 0 aromatic carbocycles. The number of pyridine rings is 1. The van der Waals surface area contributed by atoms with Crippen molar-refractivity contribution in [1.82, 2.24) is 25.4 Å². The van der Waals surface area contributed by atoms with Gasteiger partial charge in [0.1, 0.15) is 0 Å². The van der Waals surface area contributed by atoms with Gasteiger partial charge in [-0.2, -0.15) is 0 Å². The molecular weight excluding hydrogens is 429 g/mol. The Morgan fingerprint density at radius 2 is 1.93 bits per heavy atom. The van der Waals surface area contributed by atoms with E-state index in [1.807, 2.05) is 13.8 Å². The summed E-state index contributed by atoms with van der Waals surface area (Å²) in [6.45, 7) is 7.06. The second kappa shape index (κ2) is 11.1. The van der Waals surface area contributed by atoms with Crippen LogP contribution in [-0.4, -0.2) is 54.0 Å². The number of aromatic nitrogens is 3. The standard InChI is InChI=1S/C20H31N5O3.2ClH/c1-13-15(14(2)23-18-17(13)19(27)24-25(18)3)5-6-16(26)22-11-20(12-28-4)7-9-21-10-8-20;;/h21H,5-12H2,1-4H3,(H,22,26)(H,24,27);2*1H. The van der Waals surface area contributed by atoms with Crippen LogP contribution in [-0.2, 0) is 23.0 Å². The number of carbonyl (C=O) groups is 1. The van der Waals surface area contributed by atoms with Gasteiger partial charge in [-0.05, 0) is 57.3 Å². The van der Waals surface area contributed by atoms with Gasteiger partial charge in [0.2, 0.25) is 5.91 Å². The number of H-pyrrole nitrogens is 1. The van der Waals surface area contributed by atoms with Crippen molar-refractivity contribution >= 4 is 41.8 Å². The highest BCUT2D eigenvalue weighted by atomic mass is 35.5. The number of nitrogens with zero attached hydrogens (tertiary/aromatic N) is 2. The predicted octanol–water partition coefficient (Wildman–Crippen LogP) is 1.79. The number of hydrogen-bond acceptors (Lipinski definition) is 5. The zero-order chi connectivity index (χ0) is 20.3. The van der Waals surface area contributed by atoms with Gasteiger partial charge in [-0.3, -0.25) is 19.4 Å². The molecule has 0 saturated carbocycles. The number of aryl methyl sites for hydroxylation is 3. The number of nitrogens with one attached hydrogen (secondary N) is 3. The van der Waals surface area contributed by atoms with E-state index < -0.39 is 0 Å². The molecule has 0 aliphatic carbocycles. The van der Waals surface area contributed by atoms with E-state index >= 15 is 0 Å². The molecule has 10 heteroatoms. The molecule has 2 aromatic heterocycles.